The predicted octanol–water partition coefficient (Wildman–Crippen LogP) is 2.64. The number of piperidine rings is 1. The van der Waals surface area contributed by atoms with E-state index in [1.54, 1.807) is 0 Å². The molecule has 1 aromatic rings. The molecule has 1 unspecified atom stereocenters. The molecule has 0 aromatic heterocycles. The fourth-order valence-electron chi connectivity index (χ4n) is 3.50. The van der Waals surface area contributed by atoms with Crippen LogP contribution < -0.4 is 16.0 Å². The highest BCUT2D eigenvalue weighted by molar-refractivity contribution is 5.80. The van der Waals surface area contributed by atoms with Crippen LogP contribution in [0.2, 0.25) is 0 Å². The number of carbonyl (C=O) groups excluding carboxylic acids is 1. The summed E-state index contributed by atoms with van der Waals surface area (Å²) in [4.78, 5) is 19.0. The van der Waals surface area contributed by atoms with Gasteiger partial charge in [0.25, 0.3) is 0 Å². The minimum Gasteiger partial charge on any atom is -0.357 e. The van der Waals surface area contributed by atoms with Gasteiger partial charge in [-0.15, -0.1) is 0 Å². The molecule has 0 bridgehead atoms. The van der Waals surface area contributed by atoms with Crippen molar-refractivity contribution in [3.63, 3.8) is 0 Å². The minimum absolute atomic E-state index is 0.137. The van der Waals surface area contributed by atoms with Crippen LogP contribution in [-0.4, -0.2) is 62.1 Å². The molecule has 1 amide bonds. The minimum atomic E-state index is 0.137. The van der Waals surface area contributed by atoms with Crippen LogP contribution in [0.5, 0.6) is 0 Å². The summed E-state index contributed by atoms with van der Waals surface area (Å²) in [5, 5.41) is 9.92. The van der Waals surface area contributed by atoms with Gasteiger partial charge in [0.15, 0.2) is 5.96 Å². The molecule has 0 spiro atoms. The number of amides is 1. The van der Waals surface area contributed by atoms with E-state index in [1.807, 2.05) is 0 Å². The number of hydrogen-bond donors (Lipinski definition) is 3. The molecule has 0 radical (unpaired) electrons. The Morgan fingerprint density at radius 1 is 1.17 bits per heavy atom. The molecule has 29 heavy (non-hydrogen) atoms. The van der Waals surface area contributed by atoms with Crippen LogP contribution in [0.3, 0.4) is 0 Å². The fraction of sp³-hybridized carbons (Fsp3) is 0.652. The van der Waals surface area contributed by atoms with Gasteiger partial charge < -0.3 is 16.0 Å². The van der Waals surface area contributed by atoms with Gasteiger partial charge in [0.2, 0.25) is 5.91 Å². The Balaban J connectivity index is 1.80. The molecule has 1 atom stereocenters. The van der Waals surface area contributed by atoms with Crippen molar-refractivity contribution in [2.45, 2.75) is 58.9 Å². The van der Waals surface area contributed by atoms with Crippen LogP contribution in [0, 0.1) is 6.92 Å². The number of rotatable bonds is 9. The standard InChI is InChI=1S/C23H39N5O/c1-5-13-25-22(29)17-28-14-11-21(12-15-28)27-23(24-6-2)26-16-19(4)20-9-7-18(3)8-10-20/h7-10,19,21H,5-6,11-17H2,1-4H3,(H,25,29)(H2,24,26,27). The maximum absolute atomic E-state index is 11.9. The molecule has 6 heteroatoms. The third-order valence-corrected chi connectivity index (χ3v) is 5.38. The Bertz CT molecular complexity index is 635. The monoisotopic (exact) mass is 401 g/mol. The lowest BCUT2D eigenvalue weighted by molar-refractivity contribution is -0.122. The van der Waals surface area contributed by atoms with Crippen molar-refractivity contribution in [3.8, 4) is 0 Å². The maximum Gasteiger partial charge on any atom is 0.234 e. The molecule has 1 fully saturated rings. The number of guanidine groups is 1. The number of nitrogens with one attached hydrogen (secondary N) is 3. The number of benzene rings is 1. The van der Waals surface area contributed by atoms with Gasteiger partial charge in [0.1, 0.15) is 0 Å². The molecule has 0 saturated carbocycles. The summed E-state index contributed by atoms with van der Waals surface area (Å²) in [6.45, 7) is 13.3. The van der Waals surface area contributed by atoms with Gasteiger partial charge in [-0.2, -0.15) is 0 Å². The Morgan fingerprint density at radius 3 is 2.48 bits per heavy atom. The number of aliphatic imine (C=N–C) groups is 1. The Labute approximate surface area is 176 Å². The van der Waals surface area contributed by atoms with E-state index in [1.165, 1.54) is 11.1 Å². The molecule has 1 aliphatic rings. The first-order valence-corrected chi connectivity index (χ1v) is 11.1. The molecule has 2 rings (SSSR count). The summed E-state index contributed by atoms with van der Waals surface area (Å²) >= 11 is 0. The van der Waals surface area contributed by atoms with Crippen molar-refractivity contribution in [1.29, 1.82) is 0 Å². The van der Waals surface area contributed by atoms with E-state index in [2.05, 4.69) is 72.8 Å². The average Bonchev–Trinajstić information content (AvgIpc) is 2.72. The van der Waals surface area contributed by atoms with Gasteiger partial charge in [0, 0.05) is 44.7 Å². The summed E-state index contributed by atoms with van der Waals surface area (Å²) in [6.07, 6.45) is 3.03. The molecule has 1 aliphatic heterocycles. The number of hydrogen-bond acceptors (Lipinski definition) is 3. The molecule has 0 aliphatic carbocycles. The van der Waals surface area contributed by atoms with E-state index in [9.17, 15) is 4.79 Å². The van der Waals surface area contributed by atoms with Gasteiger partial charge in [-0.1, -0.05) is 43.7 Å². The third-order valence-electron chi connectivity index (χ3n) is 5.38. The highest BCUT2D eigenvalue weighted by Crippen LogP contribution is 2.16. The van der Waals surface area contributed by atoms with Crippen molar-refractivity contribution >= 4 is 11.9 Å². The second kappa shape index (κ2) is 12.5. The zero-order chi connectivity index (χ0) is 21.1. The highest BCUT2D eigenvalue weighted by Gasteiger charge is 2.21. The molecule has 1 heterocycles. The molecule has 3 N–H and O–H groups in total. The molecule has 1 aromatic carbocycles. The van der Waals surface area contributed by atoms with Gasteiger partial charge in [0.05, 0.1) is 6.54 Å². The molecular formula is C23H39N5O. The second-order valence-electron chi connectivity index (χ2n) is 8.08. The van der Waals surface area contributed by atoms with E-state index >= 15 is 0 Å². The molecule has 6 nitrogen and oxygen atoms in total. The van der Waals surface area contributed by atoms with Crippen LogP contribution in [0.15, 0.2) is 29.3 Å². The van der Waals surface area contributed by atoms with E-state index < -0.39 is 0 Å². The first kappa shape index (κ1) is 23.2. The topological polar surface area (TPSA) is 68.8 Å². The Morgan fingerprint density at radius 2 is 1.86 bits per heavy atom. The van der Waals surface area contributed by atoms with Gasteiger partial charge in [-0.05, 0) is 38.7 Å². The van der Waals surface area contributed by atoms with Crippen LogP contribution in [-0.2, 0) is 4.79 Å². The number of carbonyl (C=O) groups is 1. The van der Waals surface area contributed by atoms with Crippen molar-refractivity contribution in [1.82, 2.24) is 20.9 Å². The van der Waals surface area contributed by atoms with Crippen LogP contribution in [0.25, 0.3) is 0 Å². The largest absolute Gasteiger partial charge is 0.357 e. The van der Waals surface area contributed by atoms with Crippen molar-refractivity contribution in [2.24, 2.45) is 4.99 Å². The fourth-order valence-corrected chi connectivity index (χ4v) is 3.50. The van der Waals surface area contributed by atoms with Crippen LogP contribution in [0.1, 0.15) is 57.1 Å². The van der Waals surface area contributed by atoms with E-state index in [-0.39, 0.29) is 5.91 Å². The highest BCUT2D eigenvalue weighted by atomic mass is 16.2. The van der Waals surface area contributed by atoms with Crippen LogP contribution >= 0.6 is 0 Å². The quantitative estimate of drug-likeness (QED) is 0.440. The van der Waals surface area contributed by atoms with Gasteiger partial charge in [-0.25, -0.2) is 0 Å². The zero-order valence-corrected chi connectivity index (χ0v) is 18.6. The van der Waals surface area contributed by atoms with Crippen molar-refractivity contribution in [3.05, 3.63) is 35.4 Å². The summed E-state index contributed by atoms with van der Waals surface area (Å²) in [5.41, 5.74) is 2.61. The third kappa shape index (κ3) is 8.44. The van der Waals surface area contributed by atoms with E-state index in [4.69, 9.17) is 4.99 Å². The summed E-state index contributed by atoms with van der Waals surface area (Å²) in [7, 11) is 0. The first-order valence-electron chi connectivity index (χ1n) is 11.1. The average molecular weight is 402 g/mol. The number of nitrogens with zero attached hydrogens (tertiary/aromatic N) is 2. The normalized spacial score (nSPS) is 17.0. The smallest absolute Gasteiger partial charge is 0.234 e. The predicted molar refractivity (Wildman–Crippen MR) is 121 cm³/mol. The first-order chi connectivity index (χ1) is 14.0. The lowest BCUT2D eigenvalue weighted by atomic mass is 10.0. The van der Waals surface area contributed by atoms with E-state index in [0.717, 1.165) is 57.9 Å². The number of likely N-dealkylation sites (tertiary alicyclic amines) is 1. The molecule has 1 saturated heterocycles. The van der Waals surface area contributed by atoms with Crippen molar-refractivity contribution in [2.75, 3.05) is 39.3 Å². The molecule has 162 valence electrons. The summed E-state index contributed by atoms with van der Waals surface area (Å²) < 4.78 is 0. The number of aryl methyl sites for hydroxylation is 1. The summed E-state index contributed by atoms with van der Waals surface area (Å²) in [5.74, 6) is 1.42. The van der Waals surface area contributed by atoms with Gasteiger partial charge >= 0.3 is 0 Å². The second-order valence-corrected chi connectivity index (χ2v) is 8.08. The van der Waals surface area contributed by atoms with E-state index in [0.29, 0.717) is 18.5 Å². The lowest BCUT2D eigenvalue weighted by Gasteiger charge is -2.32. The van der Waals surface area contributed by atoms with Gasteiger partial charge in [-0.3, -0.25) is 14.7 Å². The SMILES string of the molecule is CCCNC(=O)CN1CCC(NC(=NCC(C)c2ccc(C)cc2)NCC)CC1. The summed E-state index contributed by atoms with van der Waals surface area (Å²) in [6, 6.07) is 9.12. The van der Waals surface area contributed by atoms with Crippen LogP contribution in [0.4, 0.5) is 0 Å². The maximum atomic E-state index is 11.9. The lowest BCUT2D eigenvalue weighted by Crippen LogP contribution is -2.50. The Kier molecular flexibility index (Phi) is 9.98. The zero-order valence-electron chi connectivity index (χ0n) is 18.6. The molecular weight excluding hydrogens is 362 g/mol. The Hall–Kier alpha value is -2.08. The van der Waals surface area contributed by atoms with Crippen molar-refractivity contribution < 1.29 is 4.79 Å².